The quantitative estimate of drug-likeness (QED) is 0.574. The number of aromatic hydroxyl groups is 1. The first-order valence-corrected chi connectivity index (χ1v) is 8.85. The molecule has 0 atom stereocenters. The molecule has 4 aliphatic carbocycles. The molecule has 0 saturated heterocycles. The number of anilines is 1. The first-order chi connectivity index (χ1) is 11.0. The topological polar surface area (TPSA) is 61.4 Å². The predicted octanol–water partition coefficient (Wildman–Crippen LogP) is 3.42. The molecule has 4 aliphatic rings. The van der Waals surface area contributed by atoms with Crippen LogP contribution in [0.3, 0.4) is 0 Å². The van der Waals surface area contributed by atoms with Crippen molar-refractivity contribution < 1.29 is 9.90 Å². The minimum atomic E-state index is -0.209. The highest BCUT2D eigenvalue weighted by atomic mass is 32.1. The molecule has 0 radical (unpaired) electrons. The average molecular weight is 330 g/mol. The van der Waals surface area contributed by atoms with Crippen LogP contribution in [0.4, 0.5) is 5.69 Å². The Morgan fingerprint density at radius 3 is 2.22 bits per heavy atom. The summed E-state index contributed by atoms with van der Waals surface area (Å²) in [6.07, 6.45) is 6.99. The molecule has 0 aliphatic heterocycles. The van der Waals surface area contributed by atoms with Crippen LogP contribution >= 0.6 is 12.2 Å². The SMILES string of the molecule is O=C(NC(=S)Nc1ccccc1O)C12CC3CC(CC(C3)C1)C2. The number of hydrogen-bond acceptors (Lipinski definition) is 3. The maximum absolute atomic E-state index is 12.9. The molecule has 0 heterocycles. The highest BCUT2D eigenvalue weighted by molar-refractivity contribution is 7.80. The Bertz CT molecular complexity index is 623. The van der Waals surface area contributed by atoms with Gasteiger partial charge in [0.05, 0.1) is 11.1 Å². The third-order valence-electron chi connectivity index (χ3n) is 5.90. The van der Waals surface area contributed by atoms with Gasteiger partial charge in [0.15, 0.2) is 5.11 Å². The standard InChI is InChI=1S/C18H22N2O2S/c21-15-4-2-1-3-14(15)19-17(23)20-16(22)18-8-11-5-12(9-18)7-13(6-11)10-18/h1-4,11-13,21H,5-10H2,(H2,19,20,22,23). The number of thiocarbonyl (C=S) groups is 1. The second-order valence-electron chi connectivity index (χ2n) is 7.62. The van der Waals surface area contributed by atoms with Crippen molar-refractivity contribution in [1.82, 2.24) is 5.32 Å². The number of phenolic OH excluding ortho intramolecular Hbond substituents is 1. The van der Waals surface area contributed by atoms with Gasteiger partial charge in [-0.15, -0.1) is 0 Å². The fourth-order valence-corrected chi connectivity index (χ4v) is 5.56. The second-order valence-corrected chi connectivity index (χ2v) is 8.03. The third-order valence-corrected chi connectivity index (χ3v) is 6.10. The molecule has 1 aromatic carbocycles. The number of rotatable bonds is 2. The highest BCUT2D eigenvalue weighted by Gasteiger charge is 2.54. The van der Waals surface area contributed by atoms with E-state index in [4.69, 9.17) is 12.2 Å². The molecule has 0 spiro atoms. The van der Waals surface area contributed by atoms with E-state index in [9.17, 15) is 9.90 Å². The normalized spacial score (nSPS) is 34.2. The van der Waals surface area contributed by atoms with Crippen LogP contribution in [0.2, 0.25) is 0 Å². The zero-order valence-corrected chi connectivity index (χ0v) is 13.9. The van der Waals surface area contributed by atoms with E-state index >= 15 is 0 Å². The summed E-state index contributed by atoms with van der Waals surface area (Å²) < 4.78 is 0. The van der Waals surface area contributed by atoms with E-state index in [1.807, 2.05) is 6.07 Å². The maximum atomic E-state index is 12.9. The van der Waals surface area contributed by atoms with Gasteiger partial charge in [0.25, 0.3) is 0 Å². The Morgan fingerprint density at radius 2 is 1.65 bits per heavy atom. The minimum Gasteiger partial charge on any atom is -0.506 e. The first kappa shape index (κ1) is 14.9. The summed E-state index contributed by atoms with van der Waals surface area (Å²) in [6.45, 7) is 0. The lowest BCUT2D eigenvalue weighted by molar-refractivity contribution is -0.144. The van der Waals surface area contributed by atoms with Crippen LogP contribution in [0.5, 0.6) is 5.75 Å². The summed E-state index contributed by atoms with van der Waals surface area (Å²) in [5, 5.41) is 15.9. The van der Waals surface area contributed by atoms with Crippen LogP contribution < -0.4 is 10.6 Å². The van der Waals surface area contributed by atoms with E-state index in [1.54, 1.807) is 18.2 Å². The number of carbonyl (C=O) groups excluding carboxylic acids is 1. The van der Waals surface area contributed by atoms with Gasteiger partial charge in [-0.05, 0) is 80.6 Å². The van der Waals surface area contributed by atoms with Gasteiger partial charge in [-0.2, -0.15) is 0 Å². The van der Waals surface area contributed by atoms with E-state index in [-0.39, 0.29) is 22.2 Å². The fourth-order valence-electron chi connectivity index (χ4n) is 5.36. The molecular formula is C18H22N2O2S. The fraction of sp³-hybridized carbons (Fsp3) is 0.556. The summed E-state index contributed by atoms with van der Waals surface area (Å²) in [5.74, 6) is 2.38. The van der Waals surface area contributed by atoms with Gasteiger partial charge in [-0.25, -0.2) is 0 Å². The van der Waals surface area contributed by atoms with Crippen LogP contribution in [-0.2, 0) is 4.79 Å². The molecule has 0 unspecified atom stereocenters. The third kappa shape index (κ3) is 2.71. The highest BCUT2D eigenvalue weighted by Crippen LogP contribution is 2.60. The molecule has 4 fully saturated rings. The van der Waals surface area contributed by atoms with Gasteiger partial charge in [-0.1, -0.05) is 12.1 Å². The van der Waals surface area contributed by atoms with E-state index < -0.39 is 0 Å². The van der Waals surface area contributed by atoms with Crippen molar-refractivity contribution in [3.63, 3.8) is 0 Å². The van der Waals surface area contributed by atoms with Crippen molar-refractivity contribution in [3.05, 3.63) is 24.3 Å². The lowest BCUT2D eigenvalue weighted by atomic mass is 9.49. The van der Waals surface area contributed by atoms with Crippen LogP contribution in [0.15, 0.2) is 24.3 Å². The molecule has 23 heavy (non-hydrogen) atoms. The molecular weight excluding hydrogens is 308 g/mol. The number of benzene rings is 1. The molecule has 0 aromatic heterocycles. The molecule has 122 valence electrons. The Morgan fingerprint density at radius 1 is 1.09 bits per heavy atom. The molecule has 4 saturated carbocycles. The summed E-state index contributed by atoms with van der Waals surface area (Å²) in [6, 6.07) is 6.88. The predicted molar refractivity (Wildman–Crippen MR) is 93.1 cm³/mol. The van der Waals surface area contributed by atoms with Crippen LogP contribution in [0.1, 0.15) is 38.5 Å². The van der Waals surface area contributed by atoms with Gasteiger partial charge in [-0.3, -0.25) is 4.79 Å². The number of para-hydroxylation sites is 2. The van der Waals surface area contributed by atoms with E-state index in [0.29, 0.717) is 5.69 Å². The number of amides is 1. The molecule has 5 rings (SSSR count). The van der Waals surface area contributed by atoms with Crippen molar-refractivity contribution in [2.45, 2.75) is 38.5 Å². The van der Waals surface area contributed by atoms with Gasteiger partial charge >= 0.3 is 0 Å². The monoisotopic (exact) mass is 330 g/mol. The Kier molecular flexibility index (Phi) is 3.56. The maximum Gasteiger partial charge on any atom is 0.232 e. The van der Waals surface area contributed by atoms with Crippen molar-refractivity contribution in [3.8, 4) is 5.75 Å². The minimum absolute atomic E-state index is 0.0736. The summed E-state index contributed by atoms with van der Waals surface area (Å²) in [7, 11) is 0. The van der Waals surface area contributed by atoms with E-state index in [0.717, 1.165) is 37.0 Å². The first-order valence-electron chi connectivity index (χ1n) is 8.44. The molecule has 3 N–H and O–H groups in total. The Labute approximate surface area is 141 Å². The number of carbonyl (C=O) groups is 1. The Hall–Kier alpha value is -1.62. The summed E-state index contributed by atoms with van der Waals surface area (Å²) in [4.78, 5) is 12.9. The van der Waals surface area contributed by atoms with Crippen molar-refractivity contribution >= 4 is 28.9 Å². The number of phenols is 1. The van der Waals surface area contributed by atoms with E-state index in [1.165, 1.54) is 19.3 Å². The molecule has 5 heteroatoms. The number of hydrogen-bond donors (Lipinski definition) is 3. The lowest BCUT2D eigenvalue weighted by Crippen LogP contribution is -2.55. The van der Waals surface area contributed by atoms with E-state index in [2.05, 4.69) is 10.6 Å². The van der Waals surface area contributed by atoms with Crippen molar-refractivity contribution in [1.29, 1.82) is 0 Å². The lowest BCUT2D eigenvalue weighted by Gasteiger charge is -2.55. The smallest absolute Gasteiger partial charge is 0.232 e. The average Bonchev–Trinajstić information content (AvgIpc) is 2.48. The molecule has 4 bridgehead atoms. The number of nitrogens with one attached hydrogen (secondary N) is 2. The van der Waals surface area contributed by atoms with Crippen LogP contribution in [0, 0.1) is 23.2 Å². The Balaban J connectivity index is 1.44. The van der Waals surface area contributed by atoms with Crippen molar-refractivity contribution in [2.24, 2.45) is 23.2 Å². The molecule has 4 nitrogen and oxygen atoms in total. The van der Waals surface area contributed by atoms with Gasteiger partial charge in [0, 0.05) is 0 Å². The zero-order chi connectivity index (χ0) is 16.0. The second kappa shape index (κ2) is 5.48. The van der Waals surface area contributed by atoms with Gasteiger partial charge < -0.3 is 15.7 Å². The van der Waals surface area contributed by atoms with Crippen LogP contribution in [-0.4, -0.2) is 16.1 Å². The molecule has 1 amide bonds. The van der Waals surface area contributed by atoms with Gasteiger partial charge in [0.2, 0.25) is 5.91 Å². The zero-order valence-electron chi connectivity index (χ0n) is 13.0. The summed E-state index contributed by atoms with van der Waals surface area (Å²) in [5.41, 5.74) is 0.308. The van der Waals surface area contributed by atoms with Gasteiger partial charge in [0.1, 0.15) is 5.75 Å². The molecule has 1 aromatic rings. The summed E-state index contributed by atoms with van der Waals surface area (Å²) >= 11 is 5.27. The van der Waals surface area contributed by atoms with Crippen LogP contribution in [0.25, 0.3) is 0 Å². The largest absolute Gasteiger partial charge is 0.506 e. The van der Waals surface area contributed by atoms with Crippen molar-refractivity contribution in [2.75, 3.05) is 5.32 Å².